The maximum absolute atomic E-state index is 12.7. The molecule has 0 aliphatic heterocycles. The van der Waals surface area contributed by atoms with Crippen LogP contribution in [0.5, 0.6) is 0 Å². The van der Waals surface area contributed by atoms with Gasteiger partial charge in [-0.15, -0.1) is 0 Å². The van der Waals surface area contributed by atoms with Gasteiger partial charge in [-0.05, 0) is 23.3 Å². The zero-order valence-electron chi connectivity index (χ0n) is 18.7. The number of hydrogen-bond donors (Lipinski definition) is 4. The van der Waals surface area contributed by atoms with Crippen LogP contribution in [0.4, 0.5) is 0 Å². The Kier molecular flexibility index (Phi) is 7.93. The monoisotopic (exact) mass is 467 g/mol. The molecule has 2 aromatic carbocycles. The van der Waals surface area contributed by atoms with E-state index in [1.807, 2.05) is 42.5 Å². The quantitative estimate of drug-likeness (QED) is 0.315. The highest BCUT2D eigenvalue weighted by Gasteiger charge is 2.29. The van der Waals surface area contributed by atoms with Gasteiger partial charge in [-0.3, -0.25) is 19.2 Å². The predicted octanol–water partition coefficient (Wildman–Crippen LogP) is 0.515. The number of methoxy groups -OCH3 is 1. The van der Waals surface area contributed by atoms with E-state index in [1.165, 1.54) is 13.2 Å². The molecule has 0 aliphatic rings. The van der Waals surface area contributed by atoms with Crippen LogP contribution in [0.3, 0.4) is 0 Å². The van der Waals surface area contributed by atoms with Crippen molar-refractivity contribution >= 4 is 34.4 Å². The first-order valence-corrected chi connectivity index (χ1v) is 10.4. The maximum atomic E-state index is 12.7. The number of primary amides is 1. The van der Waals surface area contributed by atoms with Crippen molar-refractivity contribution in [2.45, 2.75) is 32.2 Å². The molecule has 2 unspecified atom stereocenters. The van der Waals surface area contributed by atoms with Crippen LogP contribution in [0.1, 0.15) is 28.2 Å². The molecule has 0 fully saturated rings. The number of hydrogen-bond acceptors (Lipinski definition) is 7. The molecule has 0 bridgehead atoms. The number of nitrogens with one attached hydrogen (secondary N) is 3. The summed E-state index contributed by atoms with van der Waals surface area (Å²) in [5.41, 5.74) is 6.03. The van der Waals surface area contributed by atoms with Crippen LogP contribution in [0.15, 0.2) is 53.1 Å². The smallest absolute Gasteiger partial charge is 0.274 e. The second-order valence-electron chi connectivity index (χ2n) is 7.50. The summed E-state index contributed by atoms with van der Waals surface area (Å²) in [4.78, 5) is 49.2. The summed E-state index contributed by atoms with van der Waals surface area (Å²) in [6, 6.07) is 13.5. The maximum Gasteiger partial charge on any atom is 0.274 e. The SMILES string of the molecule is COC(NC(=O)C(CC(N)=O)NC(=O)c1cc(C)on1)C(=O)NCc1cccc2ccccc12. The highest BCUT2D eigenvalue weighted by Crippen LogP contribution is 2.18. The fourth-order valence-corrected chi connectivity index (χ4v) is 3.30. The van der Waals surface area contributed by atoms with Gasteiger partial charge >= 0.3 is 0 Å². The van der Waals surface area contributed by atoms with Gasteiger partial charge in [-0.25, -0.2) is 0 Å². The fraction of sp³-hybridized carbons (Fsp3) is 0.261. The van der Waals surface area contributed by atoms with Crippen molar-refractivity contribution in [3.8, 4) is 0 Å². The molecule has 11 heteroatoms. The van der Waals surface area contributed by atoms with Gasteiger partial charge < -0.3 is 30.9 Å². The van der Waals surface area contributed by atoms with E-state index in [4.69, 9.17) is 15.0 Å². The third-order valence-electron chi connectivity index (χ3n) is 4.97. The number of aryl methyl sites for hydroxylation is 1. The summed E-state index contributed by atoms with van der Waals surface area (Å²) in [6.45, 7) is 1.79. The fourth-order valence-electron chi connectivity index (χ4n) is 3.30. The second-order valence-corrected chi connectivity index (χ2v) is 7.50. The standard InChI is InChI=1S/C23H25N5O6/c1-13-10-18(28-34-13)21(31)26-17(11-19(24)29)20(30)27-23(33-2)22(32)25-12-15-8-5-7-14-6-3-4-9-16(14)15/h3-10,17,23H,11-12H2,1-2H3,(H2,24,29)(H,25,32)(H,26,31)(H,27,30). The lowest BCUT2D eigenvalue weighted by Crippen LogP contribution is -2.55. The van der Waals surface area contributed by atoms with E-state index in [9.17, 15) is 19.2 Å². The molecular formula is C23H25N5O6. The zero-order chi connectivity index (χ0) is 24.7. The average molecular weight is 467 g/mol. The summed E-state index contributed by atoms with van der Waals surface area (Å²) in [5.74, 6) is -2.62. The minimum atomic E-state index is -1.37. The van der Waals surface area contributed by atoms with E-state index in [0.717, 1.165) is 16.3 Å². The van der Waals surface area contributed by atoms with Crippen molar-refractivity contribution in [2.75, 3.05) is 7.11 Å². The summed E-state index contributed by atoms with van der Waals surface area (Å²) >= 11 is 0. The Balaban J connectivity index is 1.64. The third-order valence-corrected chi connectivity index (χ3v) is 4.97. The Hall–Kier alpha value is -4.25. The number of fused-ring (bicyclic) bond motifs is 1. The van der Waals surface area contributed by atoms with Crippen molar-refractivity contribution in [3.63, 3.8) is 0 Å². The zero-order valence-corrected chi connectivity index (χ0v) is 18.7. The molecular weight excluding hydrogens is 442 g/mol. The number of rotatable bonds is 10. The van der Waals surface area contributed by atoms with Crippen LogP contribution in [0.2, 0.25) is 0 Å². The first-order chi connectivity index (χ1) is 16.3. The van der Waals surface area contributed by atoms with Gasteiger partial charge in [-0.2, -0.15) is 0 Å². The molecule has 0 saturated heterocycles. The minimum absolute atomic E-state index is 0.0732. The van der Waals surface area contributed by atoms with Gasteiger partial charge in [0.05, 0.1) is 6.42 Å². The number of carbonyl (C=O) groups excluding carboxylic acids is 4. The number of nitrogens with two attached hydrogens (primary N) is 1. The Morgan fingerprint density at radius 3 is 2.47 bits per heavy atom. The first kappa shape index (κ1) is 24.4. The summed E-state index contributed by atoms with van der Waals surface area (Å²) in [5, 5.41) is 13.0. The van der Waals surface area contributed by atoms with Crippen LogP contribution in [-0.2, 0) is 25.7 Å². The van der Waals surface area contributed by atoms with E-state index >= 15 is 0 Å². The molecule has 5 N–H and O–H groups in total. The highest BCUT2D eigenvalue weighted by atomic mass is 16.5. The van der Waals surface area contributed by atoms with Crippen LogP contribution in [0.25, 0.3) is 10.8 Å². The molecule has 0 saturated carbocycles. The molecule has 4 amide bonds. The van der Waals surface area contributed by atoms with Crippen molar-refractivity contribution in [1.82, 2.24) is 21.1 Å². The summed E-state index contributed by atoms with van der Waals surface area (Å²) < 4.78 is 9.94. The van der Waals surface area contributed by atoms with Crippen molar-refractivity contribution in [3.05, 3.63) is 65.5 Å². The van der Waals surface area contributed by atoms with Crippen LogP contribution in [-0.4, -0.2) is 48.2 Å². The first-order valence-electron chi connectivity index (χ1n) is 10.4. The van der Waals surface area contributed by atoms with Crippen LogP contribution < -0.4 is 21.7 Å². The van der Waals surface area contributed by atoms with Crippen molar-refractivity contribution in [1.29, 1.82) is 0 Å². The third kappa shape index (κ3) is 6.17. The lowest BCUT2D eigenvalue weighted by atomic mass is 10.0. The van der Waals surface area contributed by atoms with Gasteiger partial charge in [0, 0.05) is 19.7 Å². The summed E-state index contributed by atoms with van der Waals surface area (Å²) in [7, 11) is 1.24. The van der Waals surface area contributed by atoms with E-state index in [2.05, 4.69) is 21.1 Å². The topological polar surface area (TPSA) is 166 Å². The van der Waals surface area contributed by atoms with Gasteiger partial charge in [0.15, 0.2) is 5.69 Å². The van der Waals surface area contributed by atoms with Crippen LogP contribution >= 0.6 is 0 Å². The number of amides is 4. The molecule has 1 heterocycles. The number of benzene rings is 2. The molecule has 2 atom stereocenters. The van der Waals surface area contributed by atoms with Gasteiger partial charge in [-0.1, -0.05) is 47.6 Å². The van der Waals surface area contributed by atoms with E-state index in [1.54, 1.807) is 6.92 Å². The molecule has 0 spiro atoms. The van der Waals surface area contributed by atoms with Gasteiger partial charge in [0.25, 0.3) is 11.8 Å². The van der Waals surface area contributed by atoms with Gasteiger partial charge in [0.2, 0.25) is 18.0 Å². The molecule has 0 aliphatic carbocycles. The molecule has 1 aromatic heterocycles. The second kappa shape index (κ2) is 11.1. The average Bonchev–Trinajstić information content (AvgIpc) is 3.26. The Morgan fingerprint density at radius 1 is 1.06 bits per heavy atom. The molecule has 3 aromatic rings. The Labute approximate surface area is 195 Å². The Morgan fingerprint density at radius 2 is 1.79 bits per heavy atom. The van der Waals surface area contributed by atoms with Gasteiger partial charge in [0.1, 0.15) is 11.8 Å². The number of carbonyl (C=O) groups is 4. The van der Waals surface area contributed by atoms with E-state index in [0.29, 0.717) is 5.76 Å². The lowest BCUT2D eigenvalue weighted by Gasteiger charge is -2.21. The van der Waals surface area contributed by atoms with Crippen LogP contribution in [0, 0.1) is 6.92 Å². The molecule has 34 heavy (non-hydrogen) atoms. The highest BCUT2D eigenvalue weighted by molar-refractivity contribution is 5.98. The largest absolute Gasteiger partial charge is 0.370 e. The minimum Gasteiger partial charge on any atom is -0.370 e. The molecule has 0 radical (unpaired) electrons. The molecule has 11 nitrogen and oxygen atoms in total. The Bertz CT molecular complexity index is 1200. The van der Waals surface area contributed by atoms with Crippen molar-refractivity contribution < 1.29 is 28.4 Å². The molecule has 3 rings (SSSR count). The number of ether oxygens (including phenoxy) is 1. The van der Waals surface area contributed by atoms with E-state index < -0.39 is 42.3 Å². The van der Waals surface area contributed by atoms with Crippen molar-refractivity contribution in [2.24, 2.45) is 5.73 Å². The number of nitrogens with zero attached hydrogens (tertiary/aromatic N) is 1. The summed E-state index contributed by atoms with van der Waals surface area (Å²) in [6.07, 6.45) is -1.87. The van der Waals surface area contributed by atoms with E-state index in [-0.39, 0.29) is 12.2 Å². The number of aromatic nitrogens is 1. The molecule has 178 valence electrons. The lowest BCUT2D eigenvalue weighted by molar-refractivity contribution is -0.140. The predicted molar refractivity (Wildman–Crippen MR) is 121 cm³/mol. The normalized spacial score (nSPS) is 12.5.